The number of aldehydes is 1. The van der Waals surface area contributed by atoms with Gasteiger partial charge in [0.05, 0.1) is 0 Å². The monoisotopic (exact) mass is 306 g/mol. The van der Waals surface area contributed by atoms with Crippen LogP contribution in [-0.2, 0) is 4.79 Å². The Bertz CT molecular complexity index is 295. The van der Waals surface area contributed by atoms with E-state index in [0.717, 1.165) is 18.3 Å². The van der Waals surface area contributed by atoms with E-state index in [4.69, 9.17) is 0 Å². The van der Waals surface area contributed by atoms with E-state index in [1.165, 1.54) is 103 Å². The van der Waals surface area contributed by atoms with Crippen LogP contribution < -0.4 is 0 Å². The molecular formula is C21H38O. The molecule has 0 spiro atoms. The van der Waals surface area contributed by atoms with Gasteiger partial charge in [0.1, 0.15) is 6.29 Å². The van der Waals surface area contributed by atoms with Crippen molar-refractivity contribution in [2.75, 3.05) is 0 Å². The fourth-order valence-corrected chi connectivity index (χ4v) is 5.18. The molecule has 2 aliphatic carbocycles. The lowest BCUT2D eigenvalue weighted by Gasteiger charge is -2.36. The molecule has 0 heterocycles. The van der Waals surface area contributed by atoms with Crippen LogP contribution in [-0.4, -0.2) is 6.29 Å². The van der Waals surface area contributed by atoms with E-state index in [1.54, 1.807) is 0 Å². The summed E-state index contributed by atoms with van der Waals surface area (Å²) in [5.74, 6) is 2.06. The summed E-state index contributed by atoms with van der Waals surface area (Å²) in [4.78, 5) is 11.0. The Balaban J connectivity index is 1.61. The van der Waals surface area contributed by atoms with Gasteiger partial charge in [-0.15, -0.1) is 0 Å². The van der Waals surface area contributed by atoms with Crippen molar-refractivity contribution < 1.29 is 4.79 Å². The van der Waals surface area contributed by atoms with E-state index < -0.39 is 0 Å². The van der Waals surface area contributed by atoms with Gasteiger partial charge < -0.3 is 4.79 Å². The van der Waals surface area contributed by atoms with Crippen molar-refractivity contribution in [2.24, 2.45) is 17.3 Å². The summed E-state index contributed by atoms with van der Waals surface area (Å²) in [5.41, 5.74) is 0.402. The topological polar surface area (TPSA) is 17.1 Å². The quantitative estimate of drug-likeness (QED) is 0.342. The van der Waals surface area contributed by atoms with Gasteiger partial charge in [0, 0.05) is 6.42 Å². The van der Waals surface area contributed by atoms with Gasteiger partial charge in [-0.3, -0.25) is 0 Å². The molecule has 2 rings (SSSR count). The molecule has 0 amide bonds. The molecule has 0 atom stereocenters. The van der Waals surface area contributed by atoms with Crippen molar-refractivity contribution in [3.05, 3.63) is 0 Å². The Labute approximate surface area is 138 Å². The van der Waals surface area contributed by atoms with E-state index in [9.17, 15) is 4.79 Å². The second-order valence-corrected chi connectivity index (χ2v) is 8.35. The van der Waals surface area contributed by atoms with Gasteiger partial charge in [0.25, 0.3) is 0 Å². The maximum Gasteiger partial charge on any atom is 0.120 e. The van der Waals surface area contributed by atoms with Crippen LogP contribution in [0.15, 0.2) is 0 Å². The molecule has 22 heavy (non-hydrogen) atoms. The molecule has 2 fully saturated rings. The highest BCUT2D eigenvalue weighted by Gasteiger charge is 2.31. The minimum atomic E-state index is 0.402. The Hall–Kier alpha value is -0.330. The number of unbranched alkanes of at least 4 members (excludes halogenated alkanes) is 1. The molecular weight excluding hydrogens is 268 g/mol. The maximum absolute atomic E-state index is 11.0. The highest BCUT2D eigenvalue weighted by Crippen LogP contribution is 2.43. The minimum Gasteiger partial charge on any atom is -0.303 e. The molecule has 0 N–H and O–H groups in total. The number of carbonyl (C=O) groups is 1. The molecule has 1 heteroatoms. The average Bonchev–Trinajstić information content (AvgIpc) is 2.55. The highest BCUT2D eigenvalue weighted by atomic mass is 16.1. The first-order chi connectivity index (χ1) is 10.8. The van der Waals surface area contributed by atoms with E-state index in [1.807, 2.05) is 0 Å². The smallest absolute Gasteiger partial charge is 0.120 e. The molecule has 0 aromatic carbocycles. The summed E-state index contributed by atoms with van der Waals surface area (Å²) in [6, 6.07) is 0. The lowest BCUT2D eigenvalue weighted by atomic mass is 9.69. The molecule has 128 valence electrons. The molecule has 0 unspecified atom stereocenters. The van der Waals surface area contributed by atoms with Crippen LogP contribution in [0.5, 0.6) is 0 Å². The molecule has 0 aliphatic heterocycles. The Kier molecular flexibility index (Phi) is 7.97. The van der Waals surface area contributed by atoms with E-state index >= 15 is 0 Å². The van der Waals surface area contributed by atoms with Crippen molar-refractivity contribution >= 4 is 6.29 Å². The van der Waals surface area contributed by atoms with E-state index in [0.29, 0.717) is 5.41 Å². The number of carbonyl (C=O) groups excluding carboxylic acids is 1. The lowest BCUT2D eigenvalue weighted by molar-refractivity contribution is -0.110. The summed E-state index contributed by atoms with van der Waals surface area (Å²) in [6.45, 7) is 2.33. The molecule has 0 radical (unpaired) electrons. The molecule has 0 saturated heterocycles. The van der Waals surface area contributed by atoms with Crippen molar-refractivity contribution in [1.29, 1.82) is 0 Å². The first kappa shape index (κ1) is 18.0. The summed E-state index contributed by atoms with van der Waals surface area (Å²) in [6.07, 6.45) is 23.1. The SMILES string of the molecule is CCCC1CCC(CCCCC2(CC=O)CCCCC2)CC1. The number of hydrogen-bond donors (Lipinski definition) is 0. The van der Waals surface area contributed by atoms with Crippen molar-refractivity contribution in [3.8, 4) is 0 Å². The van der Waals surface area contributed by atoms with Crippen LogP contribution in [0.1, 0.15) is 110 Å². The largest absolute Gasteiger partial charge is 0.303 e. The fourth-order valence-electron chi connectivity index (χ4n) is 5.18. The predicted octanol–water partition coefficient (Wildman–Crippen LogP) is 6.69. The van der Waals surface area contributed by atoms with Crippen LogP contribution in [0.4, 0.5) is 0 Å². The minimum absolute atomic E-state index is 0.402. The maximum atomic E-state index is 11.0. The van der Waals surface area contributed by atoms with E-state index in [2.05, 4.69) is 6.92 Å². The van der Waals surface area contributed by atoms with Crippen molar-refractivity contribution in [2.45, 2.75) is 110 Å². The molecule has 0 bridgehead atoms. The summed E-state index contributed by atoms with van der Waals surface area (Å²) >= 11 is 0. The van der Waals surface area contributed by atoms with Gasteiger partial charge >= 0.3 is 0 Å². The predicted molar refractivity (Wildman–Crippen MR) is 95.0 cm³/mol. The third kappa shape index (κ3) is 5.70. The lowest BCUT2D eigenvalue weighted by Crippen LogP contribution is -2.24. The normalized spacial score (nSPS) is 28.4. The Morgan fingerprint density at radius 2 is 1.55 bits per heavy atom. The average molecular weight is 307 g/mol. The number of hydrogen-bond acceptors (Lipinski definition) is 1. The number of rotatable bonds is 9. The molecule has 0 aromatic heterocycles. The fraction of sp³-hybridized carbons (Fsp3) is 0.952. The molecule has 1 nitrogen and oxygen atoms in total. The first-order valence-corrected chi connectivity index (χ1v) is 10.2. The molecule has 0 aromatic rings. The summed E-state index contributed by atoms with van der Waals surface area (Å²) < 4.78 is 0. The highest BCUT2D eigenvalue weighted by molar-refractivity contribution is 5.50. The molecule has 2 saturated carbocycles. The first-order valence-electron chi connectivity index (χ1n) is 10.2. The summed E-state index contributed by atoms with van der Waals surface area (Å²) in [5, 5.41) is 0. The third-order valence-corrected chi connectivity index (χ3v) is 6.66. The Morgan fingerprint density at radius 1 is 0.909 bits per heavy atom. The van der Waals surface area contributed by atoms with E-state index in [-0.39, 0.29) is 0 Å². The second kappa shape index (κ2) is 9.73. The van der Waals surface area contributed by atoms with Gasteiger partial charge in [-0.2, -0.15) is 0 Å². The van der Waals surface area contributed by atoms with Crippen molar-refractivity contribution in [3.63, 3.8) is 0 Å². The van der Waals surface area contributed by atoms with Gasteiger partial charge in [-0.05, 0) is 36.5 Å². The van der Waals surface area contributed by atoms with Crippen LogP contribution in [0.2, 0.25) is 0 Å². The third-order valence-electron chi connectivity index (χ3n) is 6.66. The molecule has 2 aliphatic rings. The van der Waals surface area contributed by atoms with Gasteiger partial charge in [0.2, 0.25) is 0 Å². The summed E-state index contributed by atoms with van der Waals surface area (Å²) in [7, 11) is 0. The van der Waals surface area contributed by atoms with Gasteiger partial charge in [-0.1, -0.05) is 84.0 Å². The standard InChI is InChI=1S/C21H38O/c1-2-8-19-10-12-20(13-11-19)9-4-7-16-21(17-18-22)14-5-3-6-15-21/h18-20H,2-17H2,1H3. The Morgan fingerprint density at radius 3 is 2.14 bits per heavy atom. The van der Waals surface area contributed by atoms with Crippen LogP contribution in [0.25, 0.3) is 0 Å². The zero-order valence-electron chi connectivity index (χ0n) is 15.0. The van der Waals surface area contributed by atoms with Gasteiger partial charge in [0.15, 0.2) is 0 Å². The van der Waals surface area contributed by atoms with Crippen molar-refractivity contribution in [1.82, 2.24) is 0 Å². The zero-order chi connectivity index (χ0) is 15.7. The second-order valence-electron chi connectivity index (χ2n) is 8.35. The van der Waals surface area contributed by atoms with Crippen LogP contribution >= 0.6 is 0 Å². The van der Waals surface area contributed by atoms with Crippen LogP contribution in [0.3, 0.4) is 0 Å². The zero-order valence-corrected chi connectivity index (χ0v) is 15.0. The van der Waals surface area contributed by atoms with Crippen LogP contribution in [0, 0.1) is 17.3 Å². The van der Waals surface area contributed by atoms with Gasteiger partial charge in [-0.25, -0.2) is 0 Å².